The fourth-order valence-corrected chi connectivity index (χ4v) is 3.05. The predicted octanol–water partition coefficient (Wildman–Crippen LogP) is 2.95. The maximum atomic E-state index is 12.4. The molecule has 0 spiro atoms. The first-order valence-electron chi connectivity index (χ1n) is 7.28. The molecular weight excluding hydrogens is 312 g/mol. The Labute approximate surface area is 137 Å². The molecule has 0 atom stereocenters. The zero-order valence-electron chi connectivity index (χ0n) is 13.4. The SMILES string of the molecule is Cc1ccsc1-c1nc(NC(=O)c2cc(C(C)C)nn2C)n[nH]1. The smallest absolute Gasteiger partial charge is 0.276 e. The molecule has 0 fully saturated rings. The molecule has 7 nitrogen and oxygen atoms in total. The summed E-state index contributed by atoms with van der Waals surface area (Å²) >= 11 is 1.58. The number of H-pyrrole nitrogens is 1. The van der Waals surface area contributed by atoms with Crippen molar-refractivity contribution in [3.63, 3.8) is 0 Å². The van der Waals surface area contributed by atoms with Crippen molar-refractivity contribution in [1.82, 2.24) is 25.0 Å². The first kappa shape index (κ1) is 15.4. The first-order valence-corrected chi connectivity index (χ1v) is 8.16. The highest BCUT2D eigenvalue weighted by atomic mass is 32.1. The number of amides is 1. The van der Waals surface area contributed by atoms with Crippen molar-refractivity contribution in [3.05, 3.63) is 34.5 Å². The zero-order valence-corrected chi connectivity index (χ0v) is 14.2. The summed E-state index contributed by atoms with van der Waals surface area (Å²) in [6.07, 6.45) is 0. The number of thiophene rings is 1. The van der Waals surface area contributed by atoms with Crippen LogP contribution in [-0.4, -0.2) is 30.9 Å². The summed E-state index contributed by atoms with van der Waals surface area (Å²) in [7, 11) is 1.75. The Morgan fingerprint density at radius 1 is 1.43 bits per heavy atom. The summed E-state index contributed by atoms with van der Waals surface area (Å²) in [6, 6.07) is 3.81. The maximum absolute atomic E-state index is 12.4. The van der Waals surface area contributed by atoms with Gasteiger partial charge in [-0.2, -0.15) is 10.1 Å². The normalized spacial score (nSPS) is 11.2. The van der Waals surface area contributed by atoms with Crippen LogP contribution in [0.25, 0.3) is 10.7 Å². The van der Waals surface area contributed by atoms with E-state index in [4.69, 9.17) is 0 Å². The number of hydrogen-bond donors (Lipinski definition) is 2. The molecule has 0 bridgehead atoms. The molecule has 3 aromatic rings. The van der Waals surface area contributed by atoms with Crippen LogP contribution in [0, 0.1) is 6.92 Å². The van der Waals surface area contributed by atoms with E-state index >= 15 is 0 Å². The number of carbonyl (C=O) groups excluding carboxylic acids is 1. The lowest BCUT2D eigenvalue weighted by molar-refractivity contribution is 0.101. The Kier molecular flexibility index (Phi) is 3.99. The highest BCUT2D eigenvalue weighted by Crippen LogP contribution is 2.26. The van der Waals surface area contributed by atoms with Gasteiger partial charge in [-0.3, -0.25) is 19.9 Å². The lowest BCUT2D eigenvalue weighted by atomic mass is 10.1. The van der Waals surface area contributed by atoms with E-state index in [0.717, 1.165) is 16.1 Å². The molecule has 3 rings (SSSR count). The molecule has 0 aliphatic carbocycles. The number of aromatic nitrogens is 5. The van der Waals surface area contributed by atoms with Gasteiger partial charge < -0.3 is 0 Å². The largest absolute Gasteiger partial charge is 0.288 e. The van der Waals surface area contributed by atoms with Crippen LogP contribution in [0.2, 0.25) is 0 Å². The summed E-state index contributed by atoms with van der Waals surface area (Å²) in [4.78, 5) is 17.7. The van der Waals surface area contributed by atoms with Gasteiger partial charge >= 0.3 is 0 Å². The van der Waals surface area contributed by atoms with Crippen LogP contribution in [0.5, 0.6) is 0 Å². The molecule has 120 valence electrons. The van der Waals surface area contributed by atoms with Gasteiger partial charge in [0.25, 0.3) is 5.91 Å². The number of aryl methyl sites for hydroxylation is 2. The third-order valence-electron chi connectivity index (χ3n) is 3.51. The van der Waals surface area contributed by atoms with Gasteiger partial charge in [-0.25, -0.2) is 0 Å². The fourth-order valence-electron chi connectivity index (χ4n) is 2.18. The molecule has 0 unspecified atom stereocenters. The molecule has 3 heterocycles. The van der Waals surface area contributed by atoms with E-state index in [1.54, 1.807) is 29.1 Å². The second-order valence-electron chi connectivity index (χ2n) is 5.63. The fraction of sp³-hybridized carbons (Fsp3) is 0.333. The molecule has 3 aromatic heterocycles. The van der Waals surface area contributed by atoms with Gasteiger partial charge in [0.05, 0.1) is 10.6 Å². The van der Waals surface area contributed by atoms with Crippen LogP contribution in [0.15, 0.2) is 17.5 Å². The standard InChI is InChI=1S/C15H18N6OS/c1-8(2)10-7-11(21(4)20-10)14(22)17-15-16-13(18-19-15)12-9(3)5-6-23-12/h5-8H,1-4H3,(H2,16,17,18,19,22). The molecule has 0 aliphatic heterocycles. The van der Waals surface area contributed by atoms with Gasteiger partial charge in [-0.1, -0.05) is 13.8 Å². The molecule has 0 radical (unpaired) electrons. The second kappa shape index (κ2) is 5.96. The number of aromatic amines is 1. The Balaban J connectivity index is 1.79. The van der Waals surface area contributed by atoms with Gasteiger partial charge in [0.2, 0.25) is 5.95 Å². The third kappa shape index (κ3) is 3.02. The van der Waals surface area contributed by atoms with Crippen LogP contribution < -0.4 is 5.32 Å². The van der Waals surface area contributed by atoms with Crippen molar-refractivity contribution in [3.8, 4) is 10.7 Å². The highest BCUT2D eigenvalue weighted by molar-refractivity contribution is 7.13. The van der Waals surface area contributed by atoms with E-state index in [0.29, 0.717) is 11.5 Å². The number of anilines is 1. The number of hydrogen-bond acceptors (Lipinski definition) is 5. The van der Waals surface area contributed by atoms with Crippen molar-refractivity contribution in [1.29, 1.82) is 0 Å². The molecule has 2 N–H and O–H groups in total. The Morgan fingerprint density at radius 3 is 2.83 bits per heavy atom. The number of rotatable bonds is 4. The number of nitrogens with zero attached hydrogens (tertiary/aromatic N) is 4. The maximum Gasteiger partial charge on any atom is 0.276 e. The van der Waals surface area contributed by atoms with Gasteiger partial charge in [-0.05, 0) is 35.9 Å². The predicted molar refractivity (Wildman–Crippen MR) is 89.7 cm³/mol. The van der Waals surface area contributed by atoms with Gasteiger partial charge in [-0.15, -0.1) is 16.4 Å². The summed E-state index contributed by atoms with van der Waals surface area (Å²) in [5, 5.41) is 16.0. The van der Waals surface area contributed by atoms with Crippen LogP contribution in [0.4, 0.5) is 5.95 Å². The highest BCUT2D eigenvalue weighted by Gasteiger charge is 2.17. The molecule has 0 aromatic carbocycles. The first-order chi connectivity index (χ1) is 11.0. The monoisotopic (exact) mass is 330 g/mol. The van der Waals surface area contributed by atoms with Crippen molar-refractivity contribution in [2.24, 2.45) is 7.05 Å². The minimum Gasteiger partial charge on any atom is -0.288 e. The molecule has 0 saturated carbocycles. The summed E-state index contributed by atoms with van der Waals surface area (Å²) < 4.78 is 1.57. The lowest BCUT2D eigenvalue weighted by Crippen LogP contribution is -2.16. The van der Waals surface area contributed by atoms with Gasteiger partial charge in [0.15, 0.2) is 5.82 Å². The van der Waals surface area contributed by atoms with E-state index < -0.39 is 0 Å². The van der Waals surface area contributed by atoms with Gasteiger partial charge in [0, 0.05) is 7.05 Å². The average molecular weight is 330 g/mol. The molecule has 8 heteroatoms. The molecular formula is C15H18N6OS. The summed E-state index contributed by atoms with van der Waals surface area (Å²) in [5.41, 5.74) is 2.48. The number of nitrogens with one attached hydrogen (secondary N) is 2. The quantitative estimate of drug-likeness (QED) is 0.770. The average Bonchev–Trinajstić information content (AvgIpc) is 3.18. The van der Waals surface area contributed by atoms with Crippen molar-refractivity contribution < 1.29 is 4.79 Å². The van der Waals surface area contributed by atoms with E-state index in [2.05, 4.69) is 25.6 Å². The summed E-state index contributed by atoms with van der Waals surface area (Å²) in [5.74, 6) is 0.894. The second-order valence-corrected chi connectivity index (χ2v) is 6.54. The third-order valence-corrected chi connectivity index (χ3v) is 4.53. The molecule has 0 aliphatic rings. The molecule has 0 saturated heterocycles. The van der Waals surface area contributed by atoms with Crippen LogP contribution in [0.3, 0.4) is 0 Å². The minimum absolute atomic E-state index is 0.255. The van der Waals surface area contributed by atoms with Crippen molar-refractivity contribution in [2.45, 2.75) is 26.7 Å². The number of carbonyl (C=O) groups is 1. The molecule has 23 heavy (non-hydrogen) atoms. The molecule has 1 amide bonds. The van der Waals surface area contributed by atoms with Crippen LogP contribution in [0.1, 0.15) is 41.5 Å². The Morgan fingerprint density at radius 2 is 2.22 bits per heavy atom. The lowest BCUT2D eigenvalue weighted by Gasteiger charge is -2.00. The van der Waals surface area contributed by atoms with Gasteiger partial charge in [0.1, 0.15) is 5.69 Å². The van der Waals surface area contributed by atoms with Crippen LogP contribution >= 0.6 is 11.3 Å². The van der Waals surface area contributed by atoms with E-state index in [1.165, 1.54) is 0 Å². The van der Waals surface area contributed by atoms with Crippen molar-refractivity contribution >= 4 is 23.2 Å². The van der Waals surface area contributed by atoms with E-state index in [9.17, 15) is 4.79 Å². The van der Waals surface area contributed by atoms with Crippen LogP contribution in [-0.2, 0) is 7.05 Å². The van der Waals surface area contributed by atoms with Crippen molar-refractivity contribution in [2.75, 3.05) is 5.32 Å². The van der Waals surface area contributed by atoms with E-state index in [-0.39, 0.29) is 17.8 Å². The minimum atomic E-state index is -0.277. The van der Waals surface area contributed by atoms with E-state index in [1.807, 2.05) is 32.2 Å². The topological polar surface area (TPSA) is 88.5 Å². The zero-order chi connectivity index (χ0) is 16.6. The Hall–Kier alpha value is -2.48. The summed E-state index contributed by atoms with van der Waals surface area (Å²) in [6.45, 7) is 6.08. The Bertz CT molecular complexity index is 844.